The molecule has 3 rings (SSSR count). The molecule has 1 atom stereocenters. The van der Waals surface area contributed by atoms with Crippen molar-refractivity contribution in [2.24, 2.45) is 11.0 Å². The van der Waals surface area contributed by atoms with Crippen molar-refractivity contribution < 1.29 is 19.4 Å². The van der Waals surface area contributed by atoms with Crippen LogP contribution in [0.5, 0.6) is 0 Å². The Balaban J connectivity index is 1.83. The highest BCUT2D eigenvalue weighted by molar-refractivity contribution is 7.80. The molecule has 0 saturated carbocycles. The molecule has 0 aliphatic carbocycles. The molecular weight excluding hydrogens is 428 g/mol. The number of hydrazone groups is 1. The molecule has 0 unspecified atom stereocenters. The van der Waals surface area contributed by atoms with E-state index in [1.807, 2.05) is 6.92 Å². The van der Waals surface area contributed by atoms with Crippen LogP contribution in [0.1, 0.15) is 5.56 Å². The molecular formula is C18H14N6O6S. The number of carbonyl (C=O) groups excluding carboxylic acids is 2. The summed E-state index contributed by atoms with van der Waals surface area (Å²) in [4.78, 5) is 46.6. The van der Waals surface area contributed by atoms with Crippen LogP contribution in [-0.4, -0.2) is 33.0 Å². The van der Waals surface area contributed by atoms with Crippen molar-refractivity contribution >= 4 is 58.1 Å². The molecule has 0 radical (unpaired) electrons. The van der Waals surface area contributed by atoms with E-state index in [1.165, 1.54) is 0 Å². The van der Waals surface area contributed by atoms with E-state index in [1.54, 1.807) is 24.3 Å². The van der Waals surface area contributed by atoms with Gasteiger partial charge in [0.15, 0.2) is 11.0 Å². The molecule has 2 N–H and O–H groups in total. The van der Waals surface area contributed by atoms with Gasteiger partial charge in [-0.25, -0.2) is 0 Å². The summed E-state index contributed by atoms with van der Waals surface area (Å²) in [5, 5.41) is 28.1. The molecule has 13 heteroatoms. The summed E-state index contributed by atoms with van der Waals surface area (Å²) in [7, 11) is 0. The lowest BCUT2D eigenvalue weighted by molar-refractivity contribution is -0.393. The molecule has 1 aliphatic rings. The number of anilines is 2. The van der Waals surface area contributed by atoms with Gasteiger partial charge in [-0.05, 0) is 37.3 Å². The lowest BCUT2D eigenvalue weighted by Crippen LogP contribution is -2.58. The Kier molecular flexibility index (Phi) is 5.97. The molecule has 1 fully saturated rings. The number of hydrogen-bond acceptors (Lipinski definition) is 9. The molecule has 2 amide bonds. The number of carbonyl (C=O) groups is 2. The molecule has 1 saturated heterocycles. The van der Waals surface area contributed by atoms with Gasteiger partial charge in [0.25, 0.3) is 11.6 Å². The van der Waals surface area contributed by atoms with E-state index in [2.05, 4.69) is 15.8 Å². The summed E-state index contributed by atoms with van der Waals surface area (Å²) in [6, 6.07) is 9.83. The zero-order valence-electron chi connectivity index (χ0n) is 15.8. The summed E-state index contributed by atoms with van der Waals surface area (Å²) in [5.41, 5.74) is 2.56. The second-order valence-electron chi connectivity index (χ2n) is 6.39. The highest BCUT2D eigenvalue weighted by Gasteiger charge is 2.38. The summed E-state index contributed by atoms with van der Waals surface area (Å²) >= 11 is 5.10. The minimum atomic E-state index is -1.35. The number of thiocarbonyl (C=S) groups is 1. The van der Waals surface area contributed by atoms with Crippen LogP contribution in [0, 0.1) is 33.1 Å². The van der Waals surface area contributed by atoms with Gasteiger partial charge >= 0.3 is 5.69 Å². The average Bonchev–Trinajstić information content (AvgIpc) is 2.71. The van der Waals surface area contributed by atoms with Gasteiger partial charge in [-0.2, -0.15) is 5.10 Å². The van der Waals surface area contributed by atoms with E-state index in [-0.39, 0.29) is 10.8 Å². The third-order valence-electron chi connectivity index (χ3n) is 4.29. The Labute approximate surface area is 179 Å². The first kappa shape index (κ1) is 21.4. The maximum absolute atomic E-state index is 12.8. The average molecular weight is 442 g/mol. The van der Waals surface area contributed by atoms with Gasteiger partial charge in [0.2, 0.25) is 5.91 Å². The predicted molar refractivity (Wildman–Crippen MR) is 115 cm³/mol. The van der Waals surface area contributed by atoms with E-state index >= 15 is 0 Å². The lowest BCUT2D eigenvalue weighted by Gasteiger charge is -2.30. The SMILES string of the molecule is Cc1ccc(N2C(=O)[C@H](/C=N/Nc3ccc([N+](=O)[O-])cc3[N+](=O)[O-])C(=O)NC2=S)cc1. The number of aryl methyl sites for hydroxylation is 1. The maximum Gasteiger partial charge on any atom is 0.301 e. The Morgan fingerprint density at radius 3 is 2.42 bits per heavy atom. The number of rotatable bonds is 6. The fourth-order valence-electron chi connectivity index (χ4n) is 2.72. The summed E-state index contributed by atoms with van der Waals surface area (Å²) in [5.74, 6) is -2.71. The first-order chi connectivity index (χ1) is 14.7. The Bertz CT molecular complexity index is 1130. The topological polar surface area (TPSA) is 160 Å². The van der Waals surface area contributed by atoms with Crippen molar-refractivity contribution in [2.75, 3.05) is 10.3 Å². The van der Waals surface area contributed by atoms with Gasteiger partial charge in [-0.3, -0.25) is 40.1 Å². The minimum absolute atomic E-state index is 0.0810. The molecule has 31 heavy (non-hydrogen) atoms. The quantitative estimate of drug-likeness (QED) is 0.226. The largest absolute Gasteiger partial charge is 0.301 e. The number of non-ortho nitro benzene ring substituents is 1. The second-order valence-corrected chi connectivity index (χ2v) is 6.77. The Hall–Kier alpha value is -4.26. The van der Waals surface area contributed by atoms with Crippen molar-refractivity contribution in [3.05, 3.63) is 68.3 Å². The highest BCUT2D eigenvalue weighted by Crippen LogP contribution is 2.29. The van der Waals surface area contributed by atoms with Gasteiger partial charge < -0.3 is 5.32 Å². The van der Waals surface area contributed by atoms with Crippen LogP contribution in [-0.2, 0) is 9.59 Å². The molecule has 0 spiro atoms. The zero-order valence-corrected chi connectivity index (χ0v) is 16.7. The van der Waals surface area contributed by atoms with Gasteiger partial charge in [-0.15, -0.1) is 0 Å². The third-order valence-corrected chi connectivity index (χ3v) is 4.58. The van der Waals surface area contributed by atoms with Crippen molar-refractivity contribution in [1.29, 1.82) is 0 Å². The van der Waals surface area contributed by atoms with E-state index in [9.17, 15) is 29.8 Å². The fourth-order valence-corrected chi connectivity index (χ4v) is 3.02. The van der Waals surface area contributed by atoms with Crippen molar-refractivity contribution in [2.45, 2.75) is 6.92 Å². The number of nitrogens with zero attached hydrogens (tertiary/aromatic N) is 4. The molecule has 158 valence electrons. The summed E-state index contributed by atoms with van der Waals surface area (Å²) in [6.45, 7) is 1.88. The monoisotopic (exact) mass is 442 g/mol. The summed E-state index contributed by atoms with van der Waals surface area (Å²) < 4.78 is 0. The smallest absolute Gasteiger partial charge is 0.301 e. The van der Waals surface area contributed by atoms with Gasteiger partial charge in [-0.1, -0.05) is 17.7 Å². The van der Waals surface area contributed by atoms with Crippen molar-refractivity contribution in [3.63, 3.8) is 0 Å². The van der Waals surface area contributed by atoms with Crippen LogP contribution in [0.4, 0.5) is 22.7 Å². The number of hydrogen-bond donors (Lipinski definition) is 2. The molecule has 0 aromatic heterocycles. The Morgan fingerprint density at radius 2 is 1.81 bits per heavy atom. The summed E-state index contributed by atoms with van der Waals surface area (Å²) in [6.07, 6.45) is 0.978. The first-order valence-corrected chi connectivity index (χ1v) is 9.07. The van der Waals surface area contributed by atoms with E-state index in [0.717, 1.165) is 34.9 Å². The molecule has 1 heterocycles. The van der Waals surface area contributed by atoms with Crippen LogP contribution >= 0.6 is 12.2 Å². The van der Waals surface area contributed by atoms with E-state index < -0.39 is 39.0 Å². The van der Waals surface area contributed by atoms with E-state index in [4.69, 9.17) is 12.2 Å². The molecule has 2 aromatic carbocycles. The number of amides is 2. The number of nitro benzene ring substituents is 2. The van der Waals surface area contributed by atoms with E-state index in [0.29, 0.717) is 5.69 Å². The molecule has 2 aromatic rings. The van der Waals surface area contributed by atoms with Gasteiger partial charge in [0.05, 0.1) is 21.6 Å². The van der Waals surface area contributed by atoms with Crippen LogP contribution < -0.4 is 15.6 Å². The van der Waals surface area contributed by atoms with Crippen LogP contribution in [0.25, 0.3) is 0 Å². The van der Waals surface area contributed by atoms with Gasteiger partial charge in [0.1, 0.15) is 5.69 Å². The zero-order chi connectivity index (χ0) is 22.7. The molecule has 0 bridgehead atoms. The number of nitrogens with one attached hydrogen (secondary N) is 2. The highest BCUT2D eigenvalue weighted by atomic mass is 32.1. The number of benzene rings is 2. The standard InChI is InChI=1S/C18H14N6O6S/c1-10-2-4-11(5-3-10)22-17(26)13(16(25)20-18(22)31)9-19-21-14-7-6-12(23(27)28)8-15(14)24(29)30/h2-9,13,21H,1H3,(H,20,25,31)/b19-9+/t13-/m1/s1. The van der Waals surface area contributed by atoms with Crippen LogP contribution in [0.2, 0.25) is 0 Å². The second kappa shape index (κ2) is 8.62. The molecule has 1 aliphatic heterocycles. The normalized spacial score (nSPS) is 16.4. The lowest BCUT2D eigenvalue weighted by atomic mass is 10.1. The minimum Gasteiger partial charge on any atom is -0.301 e. The Morgan fingerprint density at radius 1 is 1.13 bits per heavy atom. The van der Waals surface area contributed by atoms with Gasteiger partial charge in [0, 0.05) is 12.3 Å². The first-order valence-electron chi connectivity index (χ1n) is 8.66. The fraction of sp³-hybridized carbons (Fsp3) is 0.111. The van der Waals surface area contributed by atoms with Crippen molar-refractivity contribution in [3.8, 4) is 0 Å². The van der Waals surface area contributed by atoms with Crippen molar-refractivity contribution in [1.82, 2.24) is 5.32 Å². The maximum atomic E-state index is 12.8. The number of nitro groups is 2. The molecule has 12 nitrogen and oxygen atoms in total. The predicted octanol–water partition coefficient (Wildman–Crippen LogP) is 2.27. The van der Waals surface area contributed by atoms with Crippen LogP contribution in [0.15, 0.2) is 47.6 Å². The van der Waals surface area contributed by atoms with Crippen LogP contribution in [0.3, 0.4) is 0 Å². The third kappa shape index (κ3) is 4.51.